The lowest BCUT2D eigenvalue weighted by molar-refractivity contribution is 0.549. The Hall–Kier alpha value is -1.61. The van der Waals surface area contributed by atoms with Gasteiger partial charge in [-0.3, -0.25) is 0 Å². The zero-order valence-electron chi connectivity index (χ0n) is 9.17. The van der Waals surface area contributed by atoms with Crippen molar-refractivity contribution in [1.29, 1.82) is 0 Å². The molecule has 0 N–H and O–H groups in total. The van der Waals surface area contributed by atoms with Crippen molar-refractivity contribution in [3.8, 4) is 0 Å². The second-order valence-electron chi connectivity index (χ2n) is 3.67. The van der Waals surface area contributed by atoms with Gasteiger partial charge in [-0.1, -0.05) is 24.2 Å². The number of hydrogen-bond donors (Lipinski definition) is 0. The van der Waals surface area contributed by atoms with Gasteiger partial charge in [0.05, 0.1) is 22.0 Å². The highest BCUT2D eigenvalue weighted by Crippen LogP contribution is 2.32. The van der Waals surface area contributed by atoms with Gasteiger partial charge in [0.15, 0.2) is 0 Å². The van der Waals surface area contributed by atoms with E-state index >= 15 is 0 Å². The van der Waals surface area contributed by atoms with Gasteiger partial charge in [-0.2, -0.15) is 0 Å². The summed E-state index contributed by atoms with van der Waals surface area (Å²) in [7, 11) is 1.66. The van der Waals surface area contributed by atoms with Gasteiger partial charge >= 0.3 is 0 Å². The fourth-order valence-corrected chi connectivity index (χ4v) is 1.85. The highest BCUT2D eigenvalue weighted by molar-refractivity contribution is 6.32. The van der Waals surface area contributed by atoms with E-state index in [0.29, 0.717) is 16.4 Å². The van der Waals surface area contributed by atoms with Gasteiger partial charge in [0.25, 0.3) is 0 Å². The van der Waals surface area contributed by atoms with Crippen LogP contribution >= 0.6 is 11.6 Å². The van der Waals surface area contributed by atoms with Gasteiger partial charge in [0.1, 0.15) is 11.6 Å². The molecule has 0 amide bonds. The van der Waals surface area contributed by atoms with E-state index < -0.39 is 11.6 Å². The molecule has 2 rings (SSSR count). The lowest BCUT2D eigenvalue weighted by atomic mass is 10.1. The summed E-state index contributed by atoms with van der Waals surface area (Å²) >= 11 is 5.88. The smallest absolute Gasteiger partial charge is 0.135 e. The molecule has 0 spiro atoms. The summed E-state index contributed by atoms with van der Waals surface area (Å²) < 4.78 is 27.3. The fourth-order valence-electron chi connectivity index (χ4n) is 1.66. The third kappa shape index (κ3) is 1.98. The molecule has 0 saturated carbocycles. The van der Waals surface area contributed by atoms with Crippen LogP contribution in [0, 0.1) is 11.6 Å². The van der Waals surface area contributed by atoms with Crippen LogP contribution in [0.1, 0.15) is 5.56 Å². The monoisotopic (exact) mass is 253 g/mol. The molecule has 0 unspecified atom stereocenters. The molecule has 17 heavy (non-hydrogen) atoms. The Bertz CT molecular complexity index is 526. The molecular weight excluding hydrogens is 244 g/mol. The van der Waals surface area contributed by atoms with Crippen molar-refractivity contribution in [1.82, 2.24) is 4.90 Å². The lowest BCUT2D eigenvalue weighted by Crippen LogP contribution is -2.19. The molecule has 1 aromatic carbocycles. The van der Waals surface area contributed by atoms with Crippen molar-refractivity contribution in [3.05, 3.63) is 64.9 Å². The number of nitrogens with zero attached hydrogens (tertiary/aromatic N) is 1. The van der Waals surface area contributed by atoms with Gasteiger partial charge in [0, 0.05) is 7.05 Å². The highest BCUT2D eigenvalue weighted by atomic mass is 35.5. The van der Waals surface area contributed by atoms with Crippen molar-refractivity contribution < 1.29 is 8.78 Å². The Morgan fingerprint density at radius 3 is 2.35 bits per heavy atom. The van der Waals surface area contributed by atoms with E-state index in [1.807, 2.05) is 0 Å². The number of likely N-dealkylation sites (N-methyl/N-ethyl adjacent to an activating group) is 1. The second-order valence-corrected chi connectivity index (χ2v) is 4.08. The number of halogens is 3. The molecule has 0 radical (unpaired) electrons. The molecular formula is C13H10ClF2N. The molecule has 1 nitrogen and oxygen atoms in total. The van der Waals surface area contributed by atoms with Crippen LogP contribution in [0.2, 0.25) is 0 Å². The maximum Gasteiger partial charge on any atom is 0.135 e. The fraction of sp³-hybridized carbons (Fsp3) is 0.0769. The molecule has 88 valence electrons. The first-order valence-electron chi connectivity index (χ1n) is 4.97. The minimum absolute atomic E-state index is 0.0726. The van der Waals surface area contributed by atoms with Gasteiger partial charge < -0.3 is 4.90 Å². The summed E-state index contributed by atoms with van der Waals surface area (Å²) in [6.07, 6.45) is 3.14. The van der Waals surface area contributed by atoms with Crippen LogP contribution in [0.4, 0.5) is 8.78 Å². The van der Waals surface area contributed by atoms with E-state index in [4.69, 9.17) is 11.6 Å². The van der Waals surface area contributed by atoms with E-state index in [1.165, 1.54) is 18.2 Å². The average molecular weight is 254 g/mol. The quantitative estimate of drug-likeness (QED) is 0.734. The molecule has 0 aromatic heterocycles. The van der Waals surface area contributed by atoms with E-state index in [9.17, 15) is 8.78 Å². The standard InChI is InChI=1S/C13H10ClF2N/c1-8-9(14)6-7-12(17(8)2)13-10(15)4-3-5-11(13)16/h3-7H,1H2,2H3. The summed E-state index contributed by atoms with van der Waals surface area (Å²) in [5.41, 5.74) is 0.832. The summed E-state index contributed by atoms with van der Waals surface area (Å²) in [5, 5.41) is 0.452. The van der Waals surface area contributed by atoms with Crippen LogP contribution in [0.5, 0.6) is 0 Å². The summed E-state index contributed by atoms with van der Waals surface area (Å²) in [6.45, 7) is 3.75. The number of hydrogen-bond acceptors (Lipinski definition) is 1. The second kappa shape index (κ2) is 4.34. The van der Waals surface area contributed by atoms with Crippen LogP contribution in [0.15, 0.2) is 47.7 Å². The van der Waals surface area contributed by atoms with E-state index in [-0.39, 0.29) is 5.56 Å². The summed E-state index contributed by atoms with van der Waals surface area (Å²) in [4.78, 5) is 1.56. The zero-order valence-corrected chi connectivity index (χ0v) is 9.93. The van der Waals surface area contributed by atoms with Crippen LogP contribution in [-0.4, -0.2) is 11.9 Å². The molecule has 1 aromatic rings. The topological polar surface area (TPSA) is 3.24 Å². The van der Waals surface area contributed by atoms with Gasteiger partial charge in [-0.15, -0.1) is 0 Å². The van der Waals surface area contributed by atoms with Crippen molar-refractivity contribution in [2.75, 3.05) is 7.05 Å². The van der Waals surface area contributed by atoms with E-state index in [0.717, 1.165) is 0 Å². The molecule has 0 saturated heterocycles. The predicted molar refractivity (Wildman–Crippen MR) is 65.2 cm³/mol. The van der Waals surface area contributed by atoms with Crippen molar-refractivity contribution in [3.63, 3.8) is 0 Å². The molecule has 0 atom stereocenters. The van der Waals surface area contributed by atoms with Gasteiger partial charge in [-0.25, -0.2) is 8.78 Å². The first kappa shape index (κ1) is 11.9. The Labute approximate surface area is 103 Å². The minimum atomic E-state index is -0.609. The molecule has 1 heterocycles. The first-order valence-corrected chi connectivity index (χ1v) is 5.35. The zero-order chi connectivity index (χ0) is 12.6. The van der Waals surface area contributed by atoms with Crippen LogP contribution in [0.25, 0.3) is 5.70 Å². The Morgan fingerprint density at radius 1 is 1.18 bits per heavy atom. The predicted octanol–water partition coefficient (Wildman–Crippen LogP) is 3.89. The number of rotatable bonds is 1. The minimum Gasteiger partial charge on any atom is -0.343 e. The third-order valence-electron chi connectivity index (χ3n) is 2.65. The van der Waals surface area contributed by atoms with Crippen molar-refractivity contribution in [2.24, 2.45) is 0 Å². The highest BCUT2D eigenvalue weighted by Gasteiger charge is 2.21. The molecule has 0 fully saturated rings. The van der Waals surface area contributed by atoms with Crippen LogP contribution in [-0.2, 0) is 0 Å². The van der Waals surface area contributed by atoms with Crippen LogP contribution in [0.3, 0.4) is 0 Å². The first-order chi connectivity index (χ1) is 8.02. The molecule has 4 heteroatoms. The maximum atomic E-state index is 13.6. The van der Waals surface area contributed by atoms with Crippen molar-refractivity contribution in [2.45, 2.75) is 0 Å². The summed E-state index contributed by atoms with van der Waals surface area (Å²) in [5.74, 6) is -1.22. The van der Waals surface area contributed by atoms with Crippen LogP contribution < -0.4 is 0 Å². The summed E-state index contributed by atoms with van der Waals surface area (Å²) in [6, 6.07) is 3.76. The normalized spacial score (nSPS) is 15.8. The number of benzene rings is 1. The van der Waals surface area contributed by atoms with E-state index in [2.05, 4.69) is 6.58 Å². The van der Waals surface area contributed by atoms with Gasteiger partial charge in [0.2, 0.25) is 0 Å². The largest absolute Gasteiger partial charge is 0.343 e. The Balaban J connectivity index is 2.58. The maximum absolute atomic E-state index is 13.6. The van der Waals surface area contributed by atoms with Crippen molar-refractivity contribution >= 4 is 17.3 Å². The Kier molecular flexibility index (Phi) is 3.03. The molecule has 1 aliphatic heterocycles. The molecule has 0 aliphatic carbocycles. The Morgan fingerprint density at radius 2 is 1.76 bits per heavy atom. The lowest BCUT2D eigenvalue weighted by Gasteiger charge is -2.27. The molecule has 1 aliphatic rings. The number of allylic oxidation sites excluding steroid dienone is 3. The SMILES string of the molecule is C=C1C(Cl)=CC=C(c2c(F)cccc2F)N1C. The third-order valence-corrected chi connectivity index (χ3v) is 2.99. The average Bonchev–Trinajstić information content (AvgIpc) is 2.29. The molecule has 0 bridgehead atoms. The van der Waals surface area contributed by atoms with E-state index in [1.54, 1.807) is 24.1 Å². The van der Waals surface area contributed by atoms with Gasteiger partial charge in [-0.05, 0) is 24.3 Å².